The minimum absolute atomic E-state index is 0.0687. The third kappa shape index (κ3) is 7.24. The molecule has 0 atom stereocenters. The van der Waals surface area contributed by atoms with E-state index in [0.717, 1.165) is 30.1 Å². The number of amides is 2. The summed E-state index contributed by atoms with van der Waals surface area (Å²) >= 11 is 0. The van der Waals surface area contributed by atoms with Crippen molar-refractivity contribution < 1.29 is 23.9 Å². The van der Waals surface area contributed by atoms with Crippen LogP contribution in [0.15, 0.2) is 48.5 Å². The van der Waals surface area contributed by atoms with Crippen LogP contribution >= 0.6 is 0 Å². The molecular weight excluding hydrogens is 422 g/mol. The number of benzene rings is 2. The predicted molar refractivity (Wildman–Crippen MR) is 126 cm³/mol. The summed E-state index contributed by atoms with van der Waals surface area (Å²) in [4.78, 5) is 40.1. The van der Waals surface area contributed by atoms with Crippen LogP contribution in [0.25, 0.3) is 0 Å². The fourth-order valence-electron chi connectivity index (χ4n) is 3.67. The fraction of sp³-hybridized carbons (Fsp3) is 0.400. The molecule has 8 heteroatoms. The van der Waals surface area contributed by atoms with Gasteiger partial charge in [0.25, 0.3) is 0 Å². The highest BCUT2D eigenvalue weighted by Gasteiger charge is 2.21. The number of piperazine rings is 1. The smallest absolute Gasteiger partial charge is 0.306 e. The predicted octanol–water partition coefficient (Wildman–Crippen LogP) is 2.87. The van der Waals surface area contributed by atoms with Gasteiger partial charge in [0.2, 0.25) is 11.8 Å². The van der Waals surface area contributed by atoms with Crippen molar-refractivity contribution >= 4 is 29.2 Å². The Hall–Kier alpha value is -3.55. The highest BCUT2D eigenvalue weighted by molar-refractivity contribution is 5.92. The van der Waals surface area contributed by atoms with Gasteiger partial charge >= 0.3 is 5.97 Å². The minimum Gasteiger partial charge on any atom is -0.497 e. The lowest BCUT2D eigenvalue weighted by molar-refractivity contribution is -0.144. The zero-order valence-corrected chi connectivity index (χ0v) is 19.2. The van der Waals surface area contributed by atoms with Gasteiger partial charge in [-0.05, 0) is 48.9 Å². The molecule has 1 aliphatic heterocycles. The van der Waals surface area contributed by atoms with Gasteiger partial charge in [0.05, 0.1) is 26.6 Å². The summed E-state index contributed by atoms with van der Waals surface area (Å²) in [5.41, 5.74) is 2.70. The Kier molecular flexibility index (Phi) is 8.69. The number of methoxy groups -OCH3 is 1. The largest absolute Gasteiger partial charge is 0.497 e. The topological polar surface area (TPSA) is 88.2 Å². The number of esters is 1. The molecule has 0 aromatic heterocycles. The summed E-state index contributed by atoms with van der Waals surface area (Å²) in [6.45, 7) is 4.88. The maximum Gasteiger partial charge on any atom is 0.306 e. The van der Waals surface area contributed by atoms with Crippen LogP contribution in [0.5, 0.6) is 5.75 Å². The van der Waals surface area contributed by atoms with Crippen LogP contribution in [0.2, 0.25) is 0 Å². The van der Waals surface area contributed by atoms with Gasteiger partial charge in [0.15, 0.2) is 0 Å². The zero-order valence-electron chi connectivity index (χ0n) is 19.2. The second-order valence-corrected chi connectivity index (χ2v) is 7.79. The van der Waals surface area contributed by atoms with Crippen molar-refractivity contribution in [3.05, 3.63) is 54.1 Å². The molecule has 2 aromatic carbocycles. The van der Waals surface area contributed by atoms with E-state index in [2.05, 4.69) is 10.2 Å². The number of carbonyl (C=O) groups excluding carboxylic acids is 3. The van der Waals surface area contributed by atoms with Gasteiger partial charge in [-0.25, -0.2) is 0 Å². The van der Waals surface area contributed by atoms with Crippen molar-refractivity contribution in [2.24, 2.45) is 0 Å². The van der Waals surface area contributed by atoms with Crippen molar-refractivity contribution in [1.29, 1.82) is 0 Å². The first kappa shape index (κ1) is 24.1. The molecule has 176 valence electrons. The SMILES string of the molecule is CCOC(=O)CCC(=O)Nc1ccc(N2CCN(C(=O)Cc3ccc(OC)cc3)CC2)cc1. The third-order valence-electron chi connectivity index (χ3n) is 5.52. The Morgan fingerprint density at radius 3 is 2.18 bits per heavy atom. The molecule has 2 aromatic rings. The average Bonchev–Trinajstić information content (AvgIpc) is 2.84. The molecule has 0 aliphatic carbocycles. The summed E-state index contributed by atoms with van der Waals surface area (Å²) < 4.78 is 9.99. The van der Waals surface area contributed by atoms with Gasteiger partial charge in [-0.2, -0.15) is 0 Å². The zero-order chi connectivity index (χ0) is 23.6. The lowest BCUT2D eigenvalue weighted by atomic mass is 10.1. The number of ether oxygens (including phenoxy) is 2. The first-order valence-corrected chi connectivity index (χ1v) is 11.2. The number of hydrogen-bond donors (Lipinski definition) is 1. The molecule has 8 nitrogen and oxygen atoms in total. The van der Waals surface area contributed by atoms with Crippen LogP contribution in [0.1, 0.15) is 25.3 Å². The Balaban J connectivity index is 1.44. The van der Waals surface area contributed by atoms with E-state index in [1.807, 2.05) is 53.4 Å². The van der Waals surface area contributed by atoms with E-state index in [1.54, 1.807) is 14.0 Å². The molecule has 3 rings (SSSR count). The summed E-state index contributed by atoms with van der Waals surface area (Å²) in [6.07, 6.45) is 0.543. The quantitative estimate of drug-likeness (QED) is 0.588. The number of anilines is 2. The first-order valence-electron chi connectivity index (χ1n) is 11.2. The molecule has 1 N–H and O–H groups in total. The van der Waals surface area contributed by atoms with Gasteiger partial charge in [-0.1, -0.05) is 12.1 Å². The van der Waals surface area contributed by atoms with Crippen molar-refractivity contribution in [3.63, 3.8) is 0 Å². The number of rotatable bonds is 9. The van der Waals surface area contributed by atoms with Crippen molar-refractivity contribution in [1.82, 2.24) is 4.90 Å². The fourth-order valence-corrected chi connectivity index (χ4v) is 3.67. The van der Waals surface area contributed by atoms with E-state index >= 15 is 0 Å². The van der Waals surface area contributed by atoms with E-state index in [4.69, 9.17) is 9.47 Å². The summed E-state index contributed by atoms with van der Waals surface area (Å²) in [5.74, 6) is 0.312. The Morgan fingerprint density at radius 1 is 0.909 bits per heavy atom. The number of nitrogens with zero attached hydrogens (tertiary/aromatic N) is 2. The molecule has 1 aliphatic rings. The molecule has 0 spiro atoms. The maximum atomic E-state index is 12.7. The molecule has 1 saturated heterocycles. The molecular formula is C25H31N3O5. The van der Waals surface area contributed by atoms with E-state index in [1.165, 1.54) is 0 Å². The minimum atomic E-state index is -0.371. The third-order valence-corrected chi connectivity index (χ3v) is 5.52. The van der Waals surface area contributed by atoms with E-state index in [0.29, 0.717) is 31.8 Å². The van der Waals surface area contributed by atoms with Gasteiger partial charge in [0, 0.05) is 44.0 Å². The van der Waals surface area contributed by atoms with Gasteiger partial charge in [-0.3, -0.25) is 14.4 Å². The lowest BCUT2D eigenvalue weighted by Crippen LogP contribution is -2.49. The van der Waals surface area contributed by atoms with E-state index < -0.39 is 0 Å². The second-order valence-electron chi connectivity index (χ2n) is 7.79. The van der Waals surface area contributed by atoms with Crippen molar-refractivity contribution in [2.45, 2.75) is 26.2 Å². The molecule has 1 heterocycles. The molecule has 0 saturated carbocycles. The van der Waals surface area contributed by atoms with E-state index in [9.17, 15) is 14.4 Å². The summed E-state index contributed by atoms with van der Waals surface area (Å²) in [7, 11) is 1.62. The molecule has 33 heavy (non-hydrogen) atoms. The molecule has 0 unspecified atom stereocenters. The van der Waals surface area contributed by atoms with Gasteiger partial charge in [0.1, 0.15) is 5.75 Å². The summed E-state index contributed by atoms with van der Waals surface area (Å²) in [6, 6.07) is 15.2. The Morgan fingerprint density at radius 2 is 1.58 bits per heavy atom. The highest BCUT2D eigenvalue weighted by atomic mass is 16.5. The molecule has 1 fully saturated rings. The standard InChI is InChI=1S/C25H31N3O5/c1-3-33-25(31)13-12-23(29)26-20-6-8-21(9-7-20)27-14-16-28(17-15-27)24(30)18-19-4-10-22(32-2)11-5-19/h4-11H,3,12-18H2,1-2H3,(H,26,29). The van der Waals surface area contributed by atoms with Crippen LogP contribution in [0.4, 0.5) is 11.4 Å². The number of carbonyl (C=O) groups is 3. The highest BCUT2D eigenvalue weighted by Crippen LogP contribution is 2.20. The first-order chi connectivity index (χ1) is 16.0. The van der Waals surface area contributed by atoms with Crippen LogP contribution in [0.3, 0.4) is 0 Å². The molecule has 0 radical (unpaired) electrons. The van der Waals surface area contributed by atoms with Crippen LogP contribution in [-0.4, -0.2) is 62.6 Å². The normalized spacial score (nSPS) is 13.4. The van der Waals surface area contributed by atoms with Crippen molar-refractivity contribution in [2.75, 3.05) is 50.1 Å². The van der Waals surface area contributed by atoms with E-state index in [-0.39, 0.29) is 30.6 Å². The van der Waals surface area contributed by atoms with Crippen molar-refractivity contribution in [3.8, 4) is 5.75 Å². The number of nitrogens with one attached hydrogen (secondary N) is 1. The second kappa shape index (κ2) is 11.9. The average molecular weight is 454 g/mol. The summed E-state index contributed by atoms with van der Waals surface area (Å²) in [5, 5.41) is 2.80. The van der Waals surface area contributed by atoms with Crippen LogP contribution < -0.4 is 15.0 Å². The Labute approximate surface area is 194 Å². The lowest BCUT2D eigenvalue weighted by Gasteiger charge is -2.36. The molecule has 0 bridgehead atoms. The monoisotopic (exact) mass is 453 g/mol. The molecule has 2 amide bonds. The van der Waals surface area contributed by atoms with Crippen LogP contribution in [-0.2, 0) is 25.5 Å². The van der Waals surface area contributed by atoms with Gasteiger partial charge < -0.3 is 24.6 Å². The maximum absolute atomic E-state index is 12.7. The number of hydrogen-bond acceptors (Lipinski definition) is 6. The Bertz CT molecular complexity index is 936. The van der Waals surface area contributed by atoms with Crippen LogP contribution in [0, 0.1) is 0 Å². The van der Waals surface area contributed by atoms with Gasteiger partial charge in [-0.15, -0.1) is 0 Å².